The highest BCUT2D eigenvalue weighted by molar-refractivity contribution is 5.92. The molecule has 3 rings (SSSR count). The van der Waals surface area contributed by atoms with E-state index in [0.717, 1.165) is 51.1 Å². The molecule has 3 heterocycles. The zero-order valence-electron chi connectivity index (χ0n) is 12.7. The van der Waals surface area contributed by atoms with Gasteiger partial charge >= 0.3 is 0 Å². The average Bonchev–Trinajstić information content (AvgIpc) is 3.24. The summed E-state index contributed by atoms with van der Waals surface area (Å²) < 4.78 is 11.0. The van der Waals surface area contributed by atoms with E-state index in [-0.39, 0.29) is 18.1 Å². The highest BCUT2D eigenvalue weighted by atomic mass is 16.5. The van der Waals surface area contributed by atoms with Crippen molar-refractivity contribution in [2.75, 3.05) is 31.6 Å². The molecule has 6 heteroatoms. The fraction of sp³-hybridized carbons (Fsp3) is 0.625. The summed E-state index contributed by atoms with van der Waals surface area (Å²) in [5, 5.41) is 6.16. The van der Waals surface area contributed by atoms with Gasteiger partial charge in [-0.05, 0) is 37.8 Å². The molecule has 6 nitrogen and oxygen atoms in total. The Bertz CT molecular complexity index is 480. The second kappa shape index (κ2) is 7.56. The molecule has 0 radical (unpaired) electrons. The lowest BCUT2D eigenvalue weighted by atomic mass is 10.2. The number of nitrogens with one attached hydrogen (secondary N) is 2. The van der Waals surface area contributed by atoms with Crippen LogP contribution in [0.2, 0.25) is 0 Å². The van der Waals surface area contributed by atoms with Gasteiger partial charge in [0.15, 0.2) is 0 Å². The van der Waals surface area contributed by atoms with Crippen LogP contribution in [-0.2, 0) is 9.47 Å². The molecule has 2 aliphatic rings. The molecule has 120 valence electrons. The molecule has 2 atom stereocenters. The number of anilines is 1. The van der Waals surface area contributed by atoms with Gasteiger partial charge in [-0.15, -0.1) is 0 Å². The summed E-state index contributed by atoms with van der Waals surface area (Å²) in [6, 6.07) is 3.62. The highest BCUT2D eigenvalue weighted by Gasteiger charge is 2.17. The second-order valence-corrected chi connectivity index (χ2v) is 5.79. The molecule has 2 aliphatic heterocycles. The van der Waals surface area contributed by atoms with Crippen LogP contribution in [0.3, 0.4) is 0 Å². The van der Waals surface area contributed by atoms with Crippen molar-refractivity contribution >= 4 is 11.6 Å². The first-order valence-corrected chi connectivity index (χ1v) is 8.02. The zero-order chi connectivity index (χ0) is 15.2. The molecule has 22 heavy (non-hydrogen) atoms. The van der Waals surface area contributed by atoms with E-state index >= 15 is 0 Å². The quantitative estimate of drug-likeness (QED) is 0.835. The van der Waals surface area contributed by atoms with E-state index < -0.39 is 0 Å². The third kappa shape index (κ3) is 4.18. The molecule has 2 N–H and O–H groups in total. The Morgan fingerprint density at radius 2 is 1.86 bits per heavy atom. The largest absolute Gasteiger partial charge is 0.381 e. The molecular weight excluding hydrogens is 282 g/mol. The van der Waals surface area contributed by atoms with Gasteiger partial charge in [0.1, 0.15) is 5.69 Å². The maximum atomic E-state index is 12.0. The maximum absolute atomic E-state index is 12.0. The molecule has 0 aromatic carbocycles. The lowest BCUT2D eigenvalue weighted by molar-refractivity contribution is 0.0853. The maximum Gasteiger partial charge on any atom is 0.269 e. The van der Waals surface area contributed by atoms with Crippen LogP contribution in [0.5, 0.6) is 0 Å². The van der Waals surface area contributed by atoms with Crippen LogP contribution in [0.4, 0.5) is 5.69 Å². The Balaban J connectivity index is 1.44. The molecule has 2 unspecified atom stereocenters. The Morgan fingerprint density at radius 3 is 2.45 bits per heavy atom. The number of aromatic nitrogens is 1. The fourth-order valence-corrected chi connectivity index (χ4v) is 2.77. The Kier molecular flexibility index (Phi) is 5.24. The summed E-state index contributed by atoms with van der Waals surface area (Å²) in [6.45, 7) is 2.99. The van der Waals surface area contributed by atoms with Crippen LogP contribution < -0.4 is 10.6 Å². The number of amides is 1. The monoisotopic (exact) mass is 305 g/mol. The van der Waals surface area contributed by atoms with Crippen molar-refractivity contribution < 1.29 is 14.3 Å². The summed E-state index contributed by atoms with van der Waals surface area (Å²) in [6.07, 6.45) is 6.45. The number of ether oxygens (including phenoxy) is 2. The molecule has 1 aromatic rings. The first-order chi connectivity index (χ1) is 10.8. The summed E-state index contributed by atoms with van der Waals surface area (Å²) >= 11 is 0. The Morgan fingerprint density at radius 1 is 1.14 bits per heavy atom. The number of carbonyl (C=O) groups excluding carboxylic acids is 1. The summed E-state index contributed by atoms with van der Waals surface area (Å²) in [4.78, 5) is 16.2. The van der Waals surface area contributed by atoms with Gasteiger partial charge in [-0.2, -0.15) is 0 Å². The Hall–Kier alpha value is -1.66. The van der Waals surface area contributed by atoms with Crippen molar-refractivity contribution in [1.82, 2.24) is 10.3 Å². The van der Waals surface area contributed by atoms with Crippen LogP contribution in [0.15, 0.2) is 18.3 Å². The second-order valence-electron chi connectivity index (χ2n) is 5.79. The number of pyridine rings is 1. The summed E-state index contributed by atoms with van der Waals surface area (Å²) in [7, 11) is 0. The van der Waals surface area contributed by atoms with Gasteiger partial charge in [-0.25, -0.2) is 4.98 Å². The first-order valence-electron chi connectivity index (χ1n) is 8.02. The minimum Gasteiger partial charge on any atom is -0.381 e. The number of hydrogen-bond acceptors (Lipinski definition) is 5. The van der Waals surface area contributed by atoms with E-state index in [9.17, 15) is 4.79 Å². The lowest BCUT2D eigenvalue weighted by Crippen LogP contribution is -2.32. The molecule has 0 bridgehead atoms. The van der Waals surface area contributed by atoms with E-state index in [1.165, 1.54) is 0 Å². The van der Waals surface area contributed by atoms with Crippen LogP contribution in [-0.4, -0.2) is 49.4 Å². The van der Waals surface area contributed by atoms with Gasteiger partial charge in [-0.3, -0.25) is 4.79 Å². The van der Waals surface area contributed by atoms with E-state index in [1.54, 1.807) is 12.3 Å². The molecule has 0 spiro atoms. The molecule has 2 saturated heterocycles. The minimum absolute atomic E-state index is 0.149. The Labute approximate surface area is 130 Å². The van der Waals surface area contributed by atoms with Crippen molar-refractivity contribution in [3.8, 4) is 0 Å². The summed E-state index contributed by atoms with van der Waals surface area (Å²) in [5.41, 5.74) is 1.34. The molecule has 0 aliphatic carbocycles. The van der Waals surface area contributed by atoms with Gasteiger partial charge in [0.2, 0.25) is 0 Å². The average molecular weight is 305 g/mol. The van der Waals surface area contributed by atoms with E-state index in [2.05, 4.69) is 15.6 Å². The highest BCUT2D eigenvalue weighted by Crippen LogP contribution is 2.14. The minimum atomic E-state index is -0.152. The third-order valence-electron chi connectivity index (χ3n) is 4.07. The topological polar surface area (TPSA) is 72.5 Å². The predicted molar refractivity (Wildman–Crippen MR) is 83.0 cm³/mol. The number of nitrogens with zero attached hydrogens (tertiary/aromatic N) is 1. The zero-order valence-corrected chi connectivity index (χ0v) is 12.7. The van der Waals surface area contributed by atoms with Crippen LogP contribution in [0.1, 0.15) is 36.2 Å². The predicted octanol–water partition coefficient (Wildman–Crippen LogP) is 1.58. The van der Waals surface area contributed by atoms with E-state index in [1.807, 2.05) is 6.07 Å². The molecule has 1 aromatic heterocycles. The van der Waals surface area contributed by atoms with E-state index in [4.69, 9.17) is 9.47 Å². The third-order valence-corrected chi connectivity index (χ3v) is 4.07. The van der Waals surface area contributed by atoms with Crippen molar-refractivity contribution in [3.63, 3.8) is 0 Å². The molecular formula is C16H23N3O3. The smallest absolute Gasteiger partial charge is 0.269 e. The van der Waals surface area contributed by atoms with Crippen molar-refractivity contribution in [2.45, 2.75) is 37.9 Å². The fourth-order valence-electron chi connectivity index (χ4n) is 2.77. The first kappa shape index (κ1) is 15.2. The van der Waals surface area contributed by atoms with Crippen LogP contribution >= 0.6 is 0 Å². The summed E-state index contributed by atoms with van der Waals surface area (Å²) in [5.74, 6) is -0.152. The number of rotatable bonds is 6. The standard InChI is InChI=1S/C16H23N3O3/c20-16(19-11-14-4-2-8-22-14)15-6-5-12(9-18-15)17-10-13-3-1-7-21-13/h5-6,9,13-14,17H,1-4,7-8,10-11H2,(H,19,20). The number of hydrogen-bond donors (Lipinski definition) is 2. The normalized spacial score (nSPS) is 24.4. The molecule has 0 saturated carbocycles. The van der Waals surface area contributed by atoms with Crippen molar-refractivity contribution in [1.29, 1.82) is 0 Å². The van der Waals surface area contributed by atoms with Crippen molar-refractivity contribution in [2.24, 2.45) is 0 Å². The SMILES string of the molecule is O=C(NCC1CCCO1)c1ccc(NCC2CCCO2)cn1. The van der Waals surface area contributed by atoms with Crippen molar-refractivity contribution in [3.05, 3.63) is 24.0 Å². The molecule has 1 amide bonds. The number of carbonyl (C=O) groups is 1. The van der Waals surface area contributed by atoms with Gasteiger partial charge in [0, 0.05) is 26.3 Å². The van der Waals surface area contributed by atoms with Gasteiger partial charge in [0.25, 0.3) is 5.91 Å². The molecule has 2 fully saturated rings. The lowest BCUT2D eigenvalue weighted by Gasteiger charge is -2.12. The van der Waals surface area contributed by atoms with Gasteiger partial charge in [0.05, 0.1) is 24.1 Å². The van der Waals surface area contributed by atoms with Gasteiger partial charge in [-0.1, -0.05) is 0 Å². The van der Waals surface area contributed by atoms with E-state index in [0.29, 0.717) is 12.2 Å². The van der Waals surface area contributed by atoms with Gasteiger partial charge < -0.3 is 20.1 Å². The van der Waals surface area contributed by atoms with Crippen LogP contribution in [0.25, 0.3) is 0 Å². The van der Waals surface area contributed by atoms with Crippen LogP contribution in [0, 0.1) is 0 Å².